The molecule has 1 aromatic heterocycles. The van der Waals surface area contributed by atoms with E-state index < -0.39 is 18.3 Å². The van der Waals surface area contributed by atoms with Crippen LogP contribution in [0.4, 0.5) is 4.79 Å². The second-order valence-electron chi connectivity index (χ2n) is 7.10. The van der Waals surface area contributed by atoms with E-state index in [2.05, 4.69) is 34.7 Å². The number of nitrogens with one attached hydrogen (secondary N) is 1. The lowest BCUT2D eigenvalue weighted by molar-refractivity contribution is 0.0139. The molecule has 1 amide bonds. The molecule has 29 heavy (non-hydrogen) atoms. The summed E-state index contributed by atoms with van der Waals surface area (Å²) in [5, 5.41) is 26.8. The van der Waals surface area contributed by atoms with E-state index in [9.17, 15) is 15.0 Å². The number of aryl methyl sites for hydroxylation is 1. The highest BCUT2D eigenvalue weighted by molar-refractivity contribution is 5.79. The highest BCUT2D eigenvalue weighted by atomic mass is 16.5. The zero-order valence-corrected chi connectivity index (χ0v) is 16.0. The van der Waals surface area contributed by atoms with E-state index in [0.29, 0.717) is 5.69 Å². The van der Waals surface area contributed by atoms with Crippen LogP contribution in [-0.4, -0.2) is 45.3 Å². The largest absolute Gasteiger partial charge is 0.449 e. The molecule has 2 atom stereocenters. The molecule has 3 aromatic rings. The maximum absolute atomic E-state index is 12.2. The van der Waals surface area contributed by atoms with Gasteiger partial charge in [-0.25, -0.2) is 4.79 Å². The van der Waals surface area contributed by atoms with Crippen LogP contribution in [0.3, 0.4) is 0 Å². The Morgan fingerprint density at radius 1 is 1.10 bits per heavy atom. The molecular weight excluding hydrogens is 370 g/mol. The van der Waals surface area contributed by atoms with Gasteiger partial charge >= 0.3 is 6.09 Å². The third-order valence-electron chi connectivity index (χ3n) is 5.33. The van der Waals surface area contributed by atoms with Crippen LogP contribution in [0.2, 0.25) is 0 Å². The van der Waals surface area contributed by atoms with Crippen LogP contribution in [0.25, 0.3) is 11.1 Å². The molecule has 0 spiro atoms. The fourth-order valence-electron chi connectivity index (χ4n) is 3.82. The van der Waals surface area contributed by atoms with Crippen molar-refractivity contribution in [2.75, 3.05) is 13.2 Å². The summed E-state index contributed by atoms with van der Waals surface area (Å²) in [6.45, 7) is 0.0588. The monoisotopic (exact) mass is 393 g/mol. The van der Waals surface area contributed by atoms with Gasteiger partial charge in [0, 0.05) is 25.7 Å². The Morgan fingerprint density at radius 2 is 1.72 bits per heavy atom. The van der Waals surface area contributed by atoms with Gasteiger partial charge in [0.1, 0.15) is 18.8 Å². The number of aromatic nitrogens is 2. The van der Waals surface area contributed by atoms with Crippen molar-refractivity contribution in [1.29, 1.82) is 0 Å². The standard InChI is InChI=1S/C22H23N3O4/c1-25-19(10-11-24-25)21(27)20(26)12-23-22(28)29-13-18-16-8-4-2-6-14(16)15-7-3-5-9-17(15)18/h2-11,18,20-21,26-27H,12-13H2,1H3,(H,23,28). The predicted octanol–water partition coefficient (Wildman–Crippen LogP) is 2.35. The third-order valence-corrected chi connectivity index (χ3v) is 5.33. The lowest BCUT2D eigenvalue weighted by atomic mass is 9.98. The minimum atomic E-state index is -1.18. The van der Waals surface area contributed by atoms with Gasteiger partial charge in [0.2, 0.25) is 0 Å². The average Bonchev–Trinajstić information content (AvgIpc) is 3.31. The fraction of sp³-hybridized carbons (Fsp3) is 0.273. The summed E-state index contributed by atoms with van der Waals surface area (Å²) in [6.07, 6.45) is -1.44. The van der Waals surface area contributed by atoms with E-state index in [1.54, 1.807) is 13.1 Å². The first-order valence-corrected chi connectivity index (χ1v) is 9.49. The van der Waals surface area contributed by atoms with E-state index in [1.165, 1.54) is 10.9 Å². The molecule has 7 nitrogen and oxygen atoms in total. The molecule has 2 unspecified atom stereocenters. The lowest BCUT2D eigenvalue weighted by Gasteiger charge is -2.19. The van der Waals surface area contributed by atoms with Gasteiger partial charge in [0.05, 0.1) is 5.69 Å². The van der Waals surface area contributed by atoms with Crippen LogP contribution in [0.1, 0.15) is 28.8 Å². The molecule has 4 rings (SSSR count). The molecule has 1 aliphatic rings. The summed E-state index contributed by atoms with van der Waals surface area (Å²) in [5.74, 6) is -0.0295. The Kier molecular flexibility index (Phi) is 5.33. The third kappa shape index (κ3) is 3.74. The molecule has 1 aliphatic carbocycles. The first kappa shape index (κ1) is 19.2. The number of carbonyl (C=O) groups excluding carboxylic acids is 1. The molecule has 0 aliphatic heterocycles. The highest BCUT2D eigenvalue weighted by Gasteiger charge is 2.29. The first-order chi connectivity index (χ1) is 14.1. The number of aliphatic hydroxyl groups excluding tert-OH is 2. The number of fused-ring (bicyclic) bond motifs is 3. The first-order valence-electron chi connectivity index (χ1n) is 9.49. The highest BCUT2D eigenvalue weighted by Crippen LogP contribution is 2.44. The van der Waals surface area contributed by atoms with Crippen LogP contribution < -0.4 is 5.32 Å². The molecule has 3 N–H and O–H groups in total. The van der Waals surface area contributed by atoms with Gasteiger partial charge in [0.25, 0.3) is 0 Å². The molecule has 0 saturated heterocycles. The van der Waals surface area contributed by atoms with Crippen molar-refractivity contribution in [2.24, 2.45) is 7.05 Å². The number of benzene rings is 2. The summed E-state index contributed by atoms with van der Waals surface area (Å²) in [7, 11) is 1.67. The smallest absolute Gasteiger partial charge is 0.407 e. The normalized spacial score (nSPS) is 14.7. The van der Waals surface area contributed by atoms with Crippen molar-refractivity contribution in [3.63, 3.8) is 0 Å². The Bertz CT molecular complexity index is 971. The Balaban J connectivity index is 1.35. The number of alkyl carbamates (subject to hydrolysis) is 1. The molecule has 0 saturated carbocycles. The quantitative estimate of drug-likeness (QED) is 0.597. The molecule has 0 radical (unpaired) electrons. The maximum atomic E-state index is 12.2. The summed E-state index contributed by atoms with van der Waals surface area (Å²) >= 11 is 0. The number of ether oxygens (including phenoxy) is 1. The van der Waals surface area contributed by atoms with Crippen LogP contribution in [0.15, 0.2) is 60.8 Å². The second-order valence-corrected chi connectivity index (χ2v) is 7.10. The van der Waals surface area contributed by atoms with Crippen molar-refractivity contribution in [2.45, 2.75) is 18.1 Å². The molecule has 0 fully saturated rings. The lowest BCUT2D eigenvalue weighted by Crippen LogP contribution is -2.36. The van der Waals surface area contributed by atoms with Gasteiger partial charge in [-0.1, -0.05) is 48.5 Å². The predicted molar refractivity (Wildman–Crippen MR) is 107 cm³/mol. The Hall–Kier alpha value is -3.16. The topological polar surface area (TPSA) is 96.6 Å². The zero-order chi connectivity index (χ0) is 20.4. The van der Waals surface area contributed by atoms with E-state index >= 15 is 0 Å². The van der Waals surface area contributed by atoms with Gasteiger partial charge in [-0.15, -0.1) is 0 Å². The average molecular weight is 393 g/mol. The van der Waals surface area contributed by atoms with Gasteiger partial charge in [-0.05, 0) is 28.3 Å². The Labute approximate surface area is 168 Å². The van der Waals surface area contributed by atoms with Crippen molar-refractivity contribution in [1.82, 2.24) is 15.1 Å². The van der Waals surface area contributed by atoms with E-state index in [-0.39, 0.29) is 19.1 Å². The van der Waals surface area contributed by atoms with Gasteiger partial charge in [-0.3, -0.25) is 4.68 Å². The summed E-state index contributed by atoms with van der Waals surface area (Å²) in [4.78, 5) is 12.2. The number of hydrogen-bond donors (Lipinski definition) is 3. The van der Waals surface area contributed by atoms with E-state index in [1.807, 2.05) is 24.3 Å². The van der Waals surface area contributed by atoms with E-state index in [4.69, 9.17) is 4.74 Å². The molecule has 7 heteroatoms. The summed E-state index contributed by atoms with van der Waals surface area (Å²) < 4.78 is 6.90. The molecular formula is C22H23N3O4. The van der Waals surface area contributed by atoms with Crippen LogP contribution in [-0.2, 0) is 11.8 Å². The van der Waals surface area contributed by atoms with Gasteiger partial charge < -0.3 is 20.3 Å². The number of amides is 1. The fourth-order valence-corrected chi connectivity index (χ4v) is 3.82. The minimum Gasteiger partial charge on any atom is -0.449 e. The van der Waals surface area contributed by atoms with Crippen LogP contribution >= 0.6 is 0 Å². The number of rotatable bonds is 6. The minimum absolute atomic E-state index is 0.0295. The SMILES string of the molecule is Cn1nccc1C(O)C(O)CNC(=O)OCC1c2ccccc2-c2ccccc21. The number of aliphatic hydroxyl groups is 2. The van der Waals surface area contributed by atoms with Crippen molar-refractivity contribution in [3.8, 4) is 11.1 Å². The molecule has 150 valence electrons. The zero-order valence-electron chi connectivity index (χ0n) is 16.0. The van der Waals surface area contributed by atoms with Gasteiger partial charge in [0.15, 0.2) is 0 Å². The van der Waals surface area contributed by atoms with Crippen molar-refractivity contribution >= 4 is 6.09 Å². The number of hydrogen-bond acceptors (Lipinski definition) is 5. The Morgan fingerprint density at radius 3 is 2.31 bits per heavy atom. The van der Waals surface area contributed by atoms with Crippen molar-refractivity contribution < 1.29 is 19.7 Å². The molecule has 0 bridgehead atoms. The van der Waals surface area contributed by atoms with Crippen LogP contribution in [0.5, 0.6) is 0 Å². The van der Waals surface area contributed by atoms with Crippen molar-refractivity contribution in [3.05, 3.63) is 77.6 Å². The molecule has 1 heterocycles. The van der Waals surface area contributed by atoms with E-state index in [0.717, 1.165) is 22.3 Å². The second kappa shape index (κ2) is 8.06. The molecule has 2 aromatic carbocycles. The maximum Gasteiger partial charge on any atom is 0.407 e. The number of carbonyl (C=O) groups is 1. The number of nitrogens with zero attached hydrogens (tertiary/aromatic N) is 2. The summed E-state index contributed by atoms with van der Waals surface area (Å²) in [5.41, 5.74) is 5.05. The van der Waals surface area contributed by atoms with Gasteiger partial charge in [-0.2, -0.15) is 5.10 Å². The van der Waals surface area contributed by atoms with Crippen LogP contribution in [0, 0.1) is 0 Å². The summed E-state index contributed by atoms with van der Waals surface area (Å²) in [6, 6.07) is 17.8.